The Hall–Kier alpha value is -0.920. The van der Waals surface area contributed by atoms with Crippen LogP contribution in [0.25, 0.3) is 0 Å². The zero-order valence-electron chi connectivity index (χ0n) is 32.4. The Balaban J connectivity index is 2.56. The smallest absolute Gasteiger partial charge is 0.387 e. The minimum Gasteiger partial charge on any atom is -0.387 e. The lowest BCUT2D eigenvalue weighted by molar-refractivity contribution is -0.220. The second kappa shape index (κ2) is 30.3. The maximum Gasteiger partial charge on any atom is 0.472 e. The van der Waals surface area contributed by atoms with Crippen molar-refractivity contribution in [1.29, 1.82) is 0 Å². The van der Waals surface area contributed by atoms with Gasteiger partial charge in [0.2, 0.25) is 5.91 Å². The Labute approximate surface area is 314 Å². The van der Waals surface area contributed by atoms with Crippen molar-refractivity contribution in [2.75, 3.05) is 6.61 Å². The molecule has 8 N–H and O–H groups in total. The van der Waals surface area contributed by atoms with E-state index in [1.807, 2.05) is 6.08 Å². The van der Waals surface area contributed by atoms with Crippen molar-refractivity contribution < 1.29 is 53.9 Å². The van der Waals surface area contributed by atoms with Crippen LogP contribution >= 0.6 is 7.82 Å². The molecule has 1 amide bonds. The molecule has 0 aromatic carbocycles. The van der Waals surface area contributed by atoms with Crippen LogP contribution in [0.15, 0.2) is 12.2 Å². The minimum absolute atomic E-state index is 0.218. The van der Waals surface area contributed by atoms with E-state index in [0.717, 1.165) is 44.9 Å². The lowest BCUT2D eigenvalue weighted by atomic mass is 9.85. The van der Waals surface area contributed by atoms with Crippen LogP contribution in [0.4, 0.5) is 0 Å². The number of hydrogen-bond acceptors (Lipinski definition) is 10. The number of nitrogens with one attached hydrogen (secondary N) is 1. The maximum atomic E-state index is 12.9. The highest BCUT2D eigenvalue weighted by Gasteiger charge is 2.51. The van der Waals surface area contributed by atoms with E-state index in [1.165, 1.54) is 109 Å². The first-order valence-corrected chi connectivity index (χ1v) is 22.1. The van der Waals surface area contributed by atoms with Crippen LogP contribution in [0, 0.1) is 0 Å². The average molecular weight is 766 g/mol. The fourth-order valence-electron chi connectivity index (χ4n) is 6.61. The number of carbonyl (C=O) groups is 1. The van der Waals surface area contributed by atoms with Crippen molar-refractivity contribution in [3.05, 3.63) is 12.2 Å². The van der Waals surface area contributed by atoms with E-state index in [2.05, 4.69) is 19.2 Å². The molecular formula is C39H76NO11P. The Morgan fingerprint density at radius 3 is 1.46 bits per heavy atom. The molecule has 0 aromatic heterocycles. The van der Waals surface area contributed by atoms with Crippen LogP contribution in [0.2, 0.25) is 0 Å². The molecule has 1 aliphatic carbocycles. The summed E-state index contributed by atoms with van der Waals surface area (Å²) in [6.07, 6.45) is 18.6. The van der Waals surface area contributed by atoms with Gasteiger partial charge in [-0.1, -0.05) is 161 Å². The van der Waals surface area contributed by atoms with Crippen LogP contribution in [-0.4, -0.2) is 96.8 Å². The summed E-state index contributed by atoms with van der Waals surface area (Å²) in [5.74, 6) is -0.342. The van der Waals surface area contributed by atoms with Gasteiger partial charge in [0.25, 0.3) is 0 Å². The van der Waals surface area contributed by atoms with Gasteiger partial charge in [-0.05, 0) is 19.3 Å². The predicted octanol–water partition coefficient (Wildman–Crippen LogP) is 6.50. The maximum absolute atomic E-state index is 12.9. The molecule has 1 aliphatic rings. The SMILES string of the molecule is CCCCCCCCCCC/C=C/[C@@H](O)[C@H](COP(=O)(O)OC1C(O)C(O)C(O)[C@@H](O)C1O)NC(=O)CCCCCCCCCCCCCCCC. The van der Waals surface area contributed by atoms with E-state index in [4.69, 9.17) is 9.05 Å². The molecular weight excluding hydrogens is 689 g/mol. The van der Waals surface area contributed by atoms with Crippen LogP contribution < -0.4 is 5.32 Å². The van der Waals surface area contributed by atoms with E-state index in [9.17, 15) is 44.9 Å². The molecule has 0 radical (unpaired) electrons. The number of hydrogen-bond donors (Lipinski definition) is 8. The van der Waals surface area contributed by atoms with Crippen molar-refractivity contribution in [1.82, 2.24) is 5.32 Å². The van der Waals surface area contributed by atoms with Crippen molar-refractivity contribution >= 4 is 13.7 Å². The third-order valence-corrected chi connectivity index (χ3v) is 11.1. The Morgan fingerprint density at radius 2 is 1.02 bits per heavy atom. The number of allylic oxidation sites excluding steroid dienone is 1. The molecule has 13 heteroatoms. The number of aliphatic hydroxyl groups is 6. The van der Waals surface area contributed by atoms with Gasteiger partial charge >= 0.3 is 7.82 Å². The number of rotatable bonds is 33. The number of unbranched alkanes of at least 4 members (excludes halogenated alkanes) is 22. The van der Waals surface area contributed by atoms with E-state index in [1.54, 1.807) is 0 Å². The van der Waals surface area contributed by atoms with Crippen molar-refractivity contribution in [2.24, 2.45) is 0 Å². The normalized spacial score (nSPS) is 24.6. The molecule has 0 bridgehead atoms. The molecule has 9 atom stereocenters. The van der Waals surface area contributed by atoms with Crippen LogP contribution in [0.1, 0.15) is 174 Å². The second-order valence-corrected chi connectivity index (χ2v) is 16.2. The summed E-state index contributed by atoms with van der Waals surface area (Å²) in [7, 11) is -5.07. The number of phosphoric acid groups is 1. The molecule has 308 valence electrons. The van der Waals surface area contributed by atoms with Gasteiger partial charge in [0.05, 0.1) is 18.8 Å². The molecule has 0 aliphatic heterocycles. The van der Waals surface area contributed by atoms with Gasteiger partial charge in [-0.2, -0.15) is 0 Å². The highest BCUT2D eigenvalue weighted by atomic mass is 31.2. The van der Waals surface area contributed by atoms with Gasteiger partial charge in [-0.15, -0.1) is 0 Å². The summed E-state index contributed by atoms with van der Waals surface area (Å²) in [6, 6.07) is -1.11. The van der Waals surface area contributed by atoms with Crippen molar-refractivity contribution in [3.63, 3.8) is 0 Å². The fourth-order valence-corrected chi connectivity index (χ4v) is 7.57. The summed E-state index contributed by atoms with van der Waals surface area (Å²) in [5.41, 5.74) is 0. The Bertz CT molecular complexity index is 941. The molecule has 0 saturated heterocycles. The second-order valence-electron chi connectivity index (χ2n) is 14.8. The van der Waals surface area contributed by atoms with Crippen LogP contribution in [0.3, 0.4) is 0 Å². The molecule has 0 heterocycles. The standard InChI is InChI=1S/C39H76NO11P/c1-3-5-7-9-11-13-15-16-17-19-21-23-25-27-29-33(42)40-31(32(41)28-26-24-22-20-18-14-12-10-8-6-4-2)30-50-52(48,49)51-39-37(46)35(44)34(43)36(45)38(39)47/h26,28,31-32,34-39,41,43-47H,3-25,27,29-30H2,1-2H3,(H,40,42)(H,48,49)/b28-26+/t31-,32+,34?,35+,36?,37?,38?,39?/m0/s1. The fraction of sp³-hybridized carbons (Fsp3) is 0.923. The van der Waals surface area contributed by atoms with Gasteiger partial charge in [0.15, 0.2) is 0 Å². The zero-order chi connectivity index (χ0) is 38.6. The quantitative estimate of drug-likeness (QED) is 0.0206. The third-order valence-electron chi connectivity index (χ3n) is 10.1. The van der Waals surface area contributed by atoms with Gasteiger partial charge in [-0.25, -0.2) is 4.57 Å². The molecule has 52 heavy (non-hydrogen) atoms. The Morgan fingerprint density at radius 1 is 0.635 bits per heavy atom. The first-order chi connectivity index (χ1) is 24.9. The average Bonchev–Trinajstić information content (AvgIpc) is 3.12. The molecule has 1 rings (SSSR count). The largest absolute Gasteiger partial charge is 0.472 e. The number of aliphatic hydroxyl groups excluding tert-OH is 6. The summed E-state index contributed by atoms with van der Waals surface area (Å²) in [4.78, 5) is 23.2. The highest BCUT2D eigenvalue weighted by Crippen LogP contribution is 2.47. The van der Waals surface area contributed by atoms with E-state index in [0.29, 0.717) is 6.42 Å². The summed E-state index contributed by atoms with van der Waals surface area (Å²) in [5, 5.41) is 63.7. The lowest BCUT2D eigenvalue weighted by Gasteiger charge is -2.41. The van der Waals surface area contributed by atoms with Crippen LogP contribution in [-0.2, 0) is 18.4 Å². The van der Waals surface area contributed by atoms with Gasteiger partial charge in [0.1, 0.15) is 36.6 Å². The first kappa shape index (κ1) is 49.1. The minimum atomic E-state index is -5.07. The molecule has 12 nitrogen and oxygen atoms in total. The lowest BCUT2D eigenvalue weighted by Crippen LogP contribution is -2.64. The highest BCUT2D eigenvalue weighted by molar-refractivity contribution is 7.47. The van der Waals surface area contributed by atoms with Crippen molar-refractivity contribution in [3.8, 4) is 0 Å². The van der Waals surface area contributed by atoms with E-state index in [-0.39, 0.29) is 12.3 Å². The van der Waals surface area contributed by atoms with Gasteiger partial charge in [0, 0.05) is 6.42 Å². The molecule has 1 saturated carbocycles. The summed E-state index contributed by atoms with van der Waals surface area (Å²) in [6.45, 7) is 3.80. The predicted molar refractivity (Wildman–Crippen MR) is 205 cm³/mol. The van der Waals surface area contributed by atoms with Crippen molar-refractivity contribution in [2.45, 2.75) is 223 Å². The molecule has 0 aromatic rings. The molecule has 6 unspecified atom stereocenters. The number of phosphoric ester groups is 1. The molecule has 0 spiro atoms. The van der Waals surface area contributed by atoms with Crippen LogP contribution in [0.5, 0.6) is 0 Å². The molecule has 1 fully saturated rings. The zero-order valence-corrected chi connectivity index (χ0v) is 33.3. The topological polar surface area (TPSA) is 206 Å². The summed E-state index contributed by atoms with van der Waals surface area (Å²) >= 11 is 0. The number of carbonyl (C=O) groups excluding carboxylic acids is 1. The first-order valence-electron chi connectivity index (χ1n) is 20.6. The third kappa shape index (κ3) is 22.5. The van der Waals surface area contributed by atoms with Gasteiger partial charge in [-0.3, -0.25) is 13.8 Å². The summed E-state index contributed by atoms with van der Waals surface area (Å²) < 4.78 is 22.8. The van der Waals surface area contributed by atoms with E-state index < -0.39 is 63.2 Å². The number of amides is 1. The van der Waals surface area contributed by atoms with Gasteiger partial charge < -0.3 is 40.8 Å². The van der Waals surface area contributed by atoms with E-state index >= 15 is 0 Å². The monoisotopic (exact) mass is 766 g/mol. The Kier molecular flexibility index (Phi) is 28.6.